The van der Waals surface area contributed by atoms with Crippen molar-refractivity contribution in [2.24, 2.45) is 0 Å². The molecule has 2 heterocycles. The van der Waals surface area contributed by atoms with Crippen LogP contribution < -0.4 is 9.64 Å². The molecule has 0 N–H and O–H groups in total. The number of benzene rings is 1. The molecule has 0 saturated carbocycles. The summed E-state index contributed by atoms with van der Waals surface area (Å²) in [5, 5.41) is 0. The van der Waals surface area contributed by atoms with Crippen molar-refractivity contribution in [3.05, 3.63) is 23.8 Å². The van der Waals surface area contributed by atoms with E-state index in [9.17, 15) is 13.6 Å². The van der Waals surface area contributed by atoms with Crippen LogP contribution in [0.5, 0.6) is 5.75 Å². The number of halogens is 2. The molecule has 0 atom stereocenters. The lowest BCUT2D eigenvalue weighted by molar-refractivity contribution is -0.135. The summed E-state index contributed by atoms with van der Waals surface area (Å²) < 4.78 is 34.7. The van der Waals surface area contributed by atoms with Gasteiger partial charge in [0.1, 0.15) is 18.0 Å². The number of anilines is 1. The van der Waals surface area contributed by atoms with Gasteiger partial charge >= 0.3 is 0 Å². The van der Waals surface area contributed by atoms with Crippen molar-refractivity contribution >= 4 is 11.6 Å². The van der Waals surface area contributed by atoms with Gasteiger partial charge in [-0.3, -0.25) is 14.6 Å². The Morgan fingerprint density at radius 3 is 2.25 bits per heavy atom. The quantitative estimate of drug-likeness (QED) is 0.731. The van der Waals surface area contributed by atoms with Crippen LogP contribution in [-0.2, 0) is 4.79 Å². The average Bonchev–Trinajstić information content (AvgIpc) is 2.63. The lowest BCUT2D eigenvalue weighted by atomic mass is 10.2. The van der Waals surface area contributed by atoms with E-state index in [4.69, 9.17) is 4.74 Å². The second-order valence-corrected chi connectivity index (χ2v) is 7.82. The van der Waals surface area contributed by atoms with E-state index in [-0.39, 0.29) is 24.0 Å². The van der Waals surface area contributed by atoms with Gasteiger partial charge in [-0.25, -0.2) is 8.78 Å². The topological polar surface area (TPSA) is 39.3 Å². The Kier molecular flexibility index (Phi) is 6.72. The predicted molar refractivity (Wildman–Crippen MR) is 105 cm³/mol. The Hall–Kier alpha value is -1.93. The van der Waals surface area contributed by atoms with E-state index in [1.54, 1.807) is 9.80 Å². The number of carbonyl (C=O) groups excluding carboxylic acids is 1. The zero-order valence-corrected chi connectivity index (χ0v) is 17.0. The molecule has 28 heavy (non-hydrogen) atoms. The first-order valence-electron chi connectivity index (χ1n) is 9.92. The third-order valence-electron chi connectivity index (χ3n) is 5.49. The number of rotatable bonds is 6. The number of ether oxygens (including phenoxy) is 1. The van der Waals surface area contributed by atoms with Crippen LogP contribution in [0.4, 0.5) is 14.5 Å². The van der Waals surface area contributed by atoms with Crippen molar-refractivity contribution in [1.82, 2.24) is 14.7 Å². The zero-order chi connectivity index (χ0) is 20.3. The van der Waals surface area contributed by atoms with Gasteiger partial charge in [0, 0.05) is 57.4 Å². The van der Waals surface area contributed by atoms with Crippen molar-refractivity contribution in [1.29, 1.82) is 0 Å². The molecule has 1 amide bonds. The van der Waals surface area contributed by atoms with Crippen LogP contribution >= 0.6 is 0 Å². The van der Waals surface area contributed by atoms with Gasteiger partial charge in [-0.05, 0) is 20.9 Å². The van der Waals surface area contributed by atoms with E-state index in [1.807, 2.05) is 11.9 Å². The molecule has 156 valence electrons. The summed E-state index contributed by atoms with van der Waals surface area (Å²) in [5.74, 6) is -1.01. The largest absolute Gasteiger partial charge is 0.492 e. The van der Waals surface area contributed by atoms with Gasteiger partial charge in [0.15, 0.2) is 11.6 Å². The number of likely N-dealkylation sites (N-methyl/N-ethyl adjacent to an activating group) is 1. The normalized spacial score (nSPS) is 19.6. The maximum Gasteiger partial charge on any atom is 0.236 e. The Morgan fingerprint density at radius 2 is 1.68 bits per heavy atom. The van der Waals surface area contributed by atoms with Gasteiger partial charge in [0.25, 0.3) is 0 Å². The van der Waals surface area contributed by atoms with Crippen LogP contribution in [0.15, 0.2) is 12.1 Å². The molecule has 0 spiro atoms. The monoisotopic (exact) mass is 396 g/mol. The molecule has 0 aliphatic carbocycles. The highest BCUT2D eigenvalue weighted by atomic mass is 19.1. The summed E-state index contributed by atoms with van der Waals surface area (Å²) >= 11 is 0. The van der Waals surface area contributed by atoms with E-state index in [1.165, 1.54) is 12.1 Å². The van der Waals surface area contributed by atoms with Gasteiger partial charge in [0.05, 0.1) is 13.1 Å². The Labute approximate surface area is 165 Å². The number of carbonyl (C=O) groups is 1. The Bertz CT molecular complexity index is 670. The zero-order valence-electron chi connectivity index (χ0n) is 17.0. The first-order valence-corrected chi connectivity index (χ1v) is 9.92. The molecule has 3 rings (SSSR count). The number of hydrogen-bond donors (Lipinski definition) is 0. The molecule has 2 saturated heterocycles. The summed E-state index contributed by atoms with van der Waals surface area (Å²) in [7, 11) is 1.90. The highest BCUT2D eigenvalue weighted by Gasteiger charge is 2.25. The smallest absolute Gasteiger partial charge is 0.236 e. The van der Waals surface area contributed by atoms with E-state index in [0.29, 0.717) is 38.8 Å². The standard InChI is InChI=1S/C20H30F2N4O2/c1-15(2)24-6-8-26(9-7-24)20-17(21)12-16(13-18(20)22)28-11-10-25-5-4-23(3)14-19(25)27/h12-13,15H,4-11,14H2,1-3H3. The fourth-order valence-electron chi connectivity index (χ4n) is 3.73. The first kappa shape index (κ1) is 20.8. The highest BCUT2D eigenvalue weighted by Crippen LogP contribution is 2.29. The molecule has 1 aromatic carbocycles. The summed E-state index contributed by atoms with van der Waals surface area (Å²) in [5.41, 5.74) is 0.0185. The lowest BCUT2D eigenvalue weighted by Crippen LogP contribution is -2.49. The first-order chi connectivity index (χ1) is 13.3. The minimum atomic E-state index is -0.608. The van der Waals surface area contributed by atoms with Crippen molar-refractivity contribution in [2.45, 2.75) is 19.9 Å². The molecular weight excluding hydrogens is 366 g/mol. The summed E-state index contributed by atoms with van der Waals surface area (Å²) in [6, 6.07) is 2.90. The fraction of sp³-hybridized carbons (Fsp3) is 0.650. The van der Waals surface area contributed by atoms with Crippen molar-refractivity contribution in [2.75, 3.05) is 70.9 Å². The molecule has 0 bridgehead atoms. The van der Waals surface area contributed by atoms with Gasteiger partial charge in [0.2, 0.25) is 5.91 Å². The third-order valence-corrected chi connectivity index (χ3v) is 5.49. The molecule has 0 aromatic heterocycles. The molecule has 1 aromatic rings. The maximum atomic E-state index is 14.6. The number of amides is 1. The van der Waals surface area contributed by atoms with Gasteiger partial charge in [-0.15, -0.1) is 0 Å². The molecule has 2 aliphatic rings. The van der Waals surface area contributed by atoms with E-state index >= 15 is 0 Å². The second kappa shape index (κ2) is 9.05. The molecule has 2 fully saturated rings. The highest BCUT2D eigenvalue weighted by molar-refractivity contribution is 5.78. The van der Waals surface area contributed by atoms with E-state index in [2.05, 4.69) is 18.7 Å². The van der Waals surface area contributed by atoms with Crippen LogP contribution in [0.3, 0.4) is 0 Å². The van der Waals surface area contributed by atoms with Crippen molar-refractivity contribution < 1.29 is 18.3 Å². The molecule has 2 aliphatic heterocycles. The molecule has 6 nitrogen and oxygen atoms in total. The SMILES string of the molecule is CC(C)N1CCN(c2c(F)cc(OCCN3CCN(C)CC3=O)cc2F)CC1. The Balaban J connectivity index is 1.56. The van der Waals surface area contributed by atoms with E-state index < -0.39 is 11.6 Å². The lowest BCUT2D eigenvalue weighted by Gasteiger charge is -2.38. The minimum Gasteiger partial charge on any atom is -0.492 e. The van der Waals surface area contributed by atoms with Crippen LogP contribution in [0.1, 0.15) is 13.8 Å². The van der Waals surface area contributed by atoms with Gasteiger partial charge < -0.3 is 14.5 Å². The predicted octanol–water partition coefficient (Wildman–Crippen LogP) is 1.65. The van der Waals surface area contributed by atoms with Crippen LogP contribution in [0.2, 0.25) is 0 Å². The maximum absolute atomic E-state index is 14.6. The van der Waals surface area contributed by atoms with Crippen LogP contribution in [0.25, 0.3) is 0 Å². The van der Waals surface area contributed by atoms with Crippen LogP contribution in [0, 0.1) is 11.6 Å². The number of hydrogen-bond acceptors (Lipinski definition) is 5. The summed E-state index contributed by atoms with van der Waals surface area (Å²) in [6.45, 7) is 9.47. The molecular formula is C20H30F2N4O2. The van der Waals surface area contributed by atoms with Crippen LogP contribution in [-0.4, -0.2) is 92.7 Å². The molecule has 0 unspecified atom stereocenters. The van der Waals surface area contributed by atoms with Crippen molar-refractivity contribution in [3.63, 3.8) is 0 Å². The third kappa shape index (κ3) is 4.91. The second-order valence-electron chi connectivity index (χ2n) is 7.82. The summed E-state index contributed by atoms with van der Waals surface area (Å²) in [6.07, 6.45) is 0. The fourth-order valence-corrected chi connectivity index (χ4v) is 3.73. The van der Waals surface area contributed by atoms with E-state index in [0.717, 1.165) is 19.6 Å². The minimum absolute atomic E-state index is 0.0185. The number of nitrogens with zero attached hydrogens (tertiary/aromatic N) is 4. The van der Waals surface area contributed by atoms with Gasteiger partial charge in [-0.2, -0.15) is 0 Å². The Morgan fingerprint density at radius 1 is 1.04 bits per heavy atom. The molecule has 0 radical (unpaired) electrons. The average molecular weight is 396 g/mol. The number of piperazine rings is 2. The summed E-state index contributed by atoms with van der Waals surface area (Å²) in [4.78, 5) is 19.7. The van der Waals surface area contributed by atoms with Gasteiger partial charge in [-0.1, -0.05) is 0 Å². The molecule has 8 heteroatoms. The van der Waals surface area contributed by atoms with Crippen molar-refractivity contribution in [3.8, 4) is 5.75 Å².